The average Bonchev–Trinajstić information content (AvgIpc) is 3.12. The number of esters is 1. The number of rotatable bonds is 4. The van der Waals surface area contributed by atoms with Crippen molar-refractivity contribution in [3.05, 3.63) is 65.5 Å². The largest absolute Gasteiger partial charge is 0.456 e. The summed E-state index contributed by atoms with van der Waals surface area (Å²) in [6.07, 6.45) is 3.05. The van der Waals surface area contributed by atoms with Gasteiger partial charge >= 0.3 is 5.97 Å². The standard InChI is InChI=1S/C20H16N2O4/c1-13-17(22-16-5-3-2-4-15(16)21-13)11-24-20(23)9-7-14-6-8-18-19(10-14)26-12-25-18/h2-10H,11-12H2,1H3/b9-7+. The van der Waals surface area contributed by atoms with Crippen molar-refractivity contribution in [2.75, 3.05) is 6.79 Å². The Morgan fingerprint density at radius 1 is 1.12 bits per heavy atom. The Balaban J connectivity index is 1.41. The quantitative estimate of drug-likeness (QED) is 0.531. The molecule has 130 valence electrons. The van der Waals surface area contributed by atoms with Crippen molar-refractivity contribution in [1.82, 2.24) is 9.97 Å². The van der Waals surface area contributed by atoms with Gasteiger partial charge in [-0.1, -0.05) is 18.2 Å². The third-order valence-corrected chi connectivity index (χ3v) is 4.00. The summed E-state index contributed by atoms with van der Waals surface area (Å²) >= 11 is 0. The van der Waals surface area contributed by atoms with Crippen molar-refractivity contribution in [3.8, 4) is 11.5 Å². The molecule has 0 aliphatic carbocycles. The number of nitrogens with zero attached hydrogens (tertiary/aromatic N) is 2. The maximum absolute atomic E-state index is 12.0. The predicted molar refractivity (Wildman–Crippen MR) is 95.7 cm³/mol. The fourth-order valence-corrected chi connectivity index (χ4v) is 2.63. The fraction of sp³-hybridized carbons (Fsp3) is 0.150. The fourth-order valence-electron chi connectivity index (χ4n) is 2.63. The molecular weight excluding hydrogens is 332 g/mol. The molecule has 2 heterocycles. The normalized spacial score (nSPS) is 12.7. The number of hydrogen-bond acceptors (Lipinski definition) is 6. The van der Waals surface area contributed by atoms with Crippen LogP contribution in [0.25, 0.3) is 17.1 Å². The molecule has 1 aliphatic rings. The van der Waals surface area contributed by atoms with E-state index in [4.69, 9.17) is 14.2 Å². The first-order valence-corrected chi connectivity index (χ1v) is 8.16. The number of benzene rings is 2. The summed E-state index contributed by atoms with van der Waals surface area (Å²) in [6.45, 7) is 2.15. The molecule has 0 saturated carbocycles. The van der Waals surface area contributed by atoms with Crippen LogP contribution < -0.4 is 9.47 Å². The number of fused-ring (bicyclic) bond motifs is 2. The smallest absolute Gasteiger partial charge is 0.331 e. The highest BCUT2D eigenvalue weighted by molar-refractivity contribution is 5.87. The minimum absolute atomic E-state index is 0.0774. The van der Waals surface area contributed by atoms with E-state index >= 15 is 0 Å². The molecule has 0 spiro atoms. The van der Waals surface area contributed by atoms with E-state index in [0.717, 1.165) is 22.3 Å². The van der Waals surface area contributed by atoms with Gasteiger partial charge in [0.15, 0.2) is 11.5 Å². The van der Waals surface area contributed by atoms with Crippen LogP contribution in [0, 0.1) is 6.92 Å². The van der Waals surface area contributed by atoms with Gasteiger partial charge in [-0.05, 0) is 42.8 Å². The maximum Gasteiger partial charge on any atom is 0.331 e. The summed E-state index contributed by atoms with van der Waals surface area (Å²) < 4.78 is 15.9. The lowest BCUT2D eigenvalue weighted by Crippen LogP contribution is -2.05. The lowest BCUT2D eigenvalue weighted by molar-refractivity contribution is -0.139. The number of carbonyl (C=O) groups excluding carboxylic acids is 1. The van der Waals surface area contributed by atoms with Crippen LogP contribution in [0.3, 0.4) is 0 Å². The molecule has 0 saturated heterocycles. The third kappa shape index (κ3) is 3.35. The lowest BCUT2D eigenvalue weighted by Gasteiger charge is -2.06. The maximum atomic E-state index is 12.0. The highest BCUT2D eigenvalue weighted by Gasteiger charge is 2.12. The van der Waals surface area contributed by atoms with E-state index in [2.05, 4.69) is 9.97 Å². The number of hydrogen-bond donors (Lipinski definition) is 0. The molecule has 6 nitrogen and oxygen atoms in total. The summed E-state index contributed by atoms with van der Waals surface area (Å²) in [6, 6.07) is 13.1. The van der Waals surface area contributed by atoms with Gasteiger partial charge in [0.25, 0.3) is 0 Å². The van der Waals surface area contributed by atoms with E-state index in [1.165, 1.54) is 6.08 Å². The third-order valence-electron chi connectivity index (χ3n) is 4.00. The van der Waals surface area contributed by atoms with Crippen molar-refractivity contribution in [1.29, 1.82) is 0 Å². The molecule has 4 rings (SSSR count). The Bertz CT molecular complexity index is 1010. The Morgan fingerprint density at radius 2 is 1.88 bits per heavy atom. The number of aryl methyl sites for hydroxylation is 1. The summed E-state index contributed by atoms with van der Waals surface area (Å²) in [7, 11) is 0. The highest BCUT2D eigenvalue weighted by atomic mass is 16.7. The van der Waals surface area contributed by atoms with E-state index in [1.54, 1.807) is 12.1 Å². The van der Waals surface area contributed by atoms with Gasteiger partial charge < -0.3 is 14.2 Å². The molecule has 1 aliphatic heterocycles. The minimum Gasteiger partial charge on any atom is -0.456 e. The second-order valence-corrected chi connectivity index (χ2v) is 5.80. The second-order valence-electron chi connectivity index (χ2n) is 5.80. The molecule has 0 N–H and O–H groups in total. The molecule has 26 heavy (non-hydrogen) atoms. The monoisotopic (exact) mass is 348 g/mol. The zero-order valence-corrected chi connectivity index (χ0v) is 14.1. The molecule has 0 atom stereocenters. The van der Waals surface area contributed by atoms with Crippen LogP contribution in [-0.2, 0) is 16.1 Å². The Kier molecular flexibility index (Phi) is 4.23. The van der Waals surface area contributed by atoms with Crippen molar-refractivity contribution in [2.45, 2.75) is 13.5 Å². The molecule has 3 aromatic rings. The van der Waals surface area contributed by atoms with Gasteiger partial charge in [0.1, 0.15) is 6.61 Å². The van der Waals surface area contributed by atoms with E-state index in [1.807, 2.05) is 43.3 Å². The van der Waals surface area contributed by atoms with Gasteiger partial charge in [0, 0.05) is 6.08 Å². The molecule has 0 unspecified atom stereocenters. The SMILES string of the molecule is Cc1nc2ccccc2nc1COC(=O)/C=C/c1ccc2c(c1)OCO2. The number of ether oxygens (including phenoxy) is 3. The van der Waals surface area contributed by atoms with Gasteiger partial charge in [0.2, 0.25) is 6.79 Å². The Labute approximate surface area is 150 Å². The zero-order valence-electron chi connectivity index (χ0n) is 14.1. The van der Waals surface area contributed by atoms with Crippen LogP contribution in [0.5, 0.6) is 11.5 Å². The van der Waals surface area contributed by atoms with Gasteiger partial charge in [-0.15, -0.1) is 0 Å². The van der Waals surface area contributed by atoms with Crippen molar-refractivity contribution in [3.63, 3.8) is 0 Å². The molecule has 2 aromatic carbocycles. The molecule has 0 fully saturated rings. The predicted octanol–water partition coefficient (Wildman–Crippen LogP) is 3.42. The Morgan fingerprint density at radius 3 is 2.73 bits per heavy atom. The lowest BCUT2D eigenvalue weighted by atomic mass is 10.2. The van der Waals surface area contributed by atoms with Gasteiger partial charge in [-0.25, -0.2) is 14.8 Å². The molecule has 0 radical (unpaired) electrons. The summed E-state index contributed by atoms with van der Waals surface area (Å²) in [5.41, 5.74) is 3.82. The van der Waals surface area contributed by atoms with E-state index in [9.17, 15) is 4.79 Å². The van der Waals surface area contributed by atoms with Gasteiger partial charge in [-0.2, -0.15) is 0 Å². The van der Waals surface area contributed by atoms with Gasteiger partial charge in [-0.3, -0.25) is 0 Å². The van der Waals surface area contributed by atoms with Crippen molar-refractivity contribution in [2.24, 2.45) is 0 Å². The number of aromatic nitrogens is 2. The van der Waals surface area contributed by atoms with Crippen LogP contribution >= 0.6 is 0 Å². The Hall–Kier alpha value is -3.41. The van der Waals surface area contributed by atoms with Crippen LogP contribution in [0.15, 0.2) is 48.5 Å². The van der Waals surface area contributed by atoms with Crippen LogP contribution in [0.4, 0.5) is 0 Å². The van der Waals surface area contributed by atoms with Crippen LogP contribution in [0.2, 0.25) is 0 Å². The first kappa shape index (κ1) is 16.1. The topological polar surface area (TPSA) is 70.5 Å². The summed E-state index contributed by atoms with van der Waals surface area (Å²) in [4.78, 5) is 21.0. The number of carbonyl (C=O) groups is 1. The van der Waals surface area contributed by atoms with E-state index in [-0.39, 0.29) is 13.4 Å². The van der Waals surface area contributed by atoms with Gasteiger partial charge in [0.05, 0.1) is 22.4 Å². The number of para-hydroxylation sites is 2. The minimum atomic E-state index is -0.447. The molecule has 6 heteroatoms. The van der Waals surface area contributed by atoms with E-state index < -0.39 is 5.97 Å². The zero-order chi connectivity index (χ0) is 17.9. The second kappa shape index (κ2) is 6.84. The van der Waals surface area contributed by atoms with Crippen molar-refractivity contribution < 1.29 is 19.0 Å². The average molecular weight is 348 g/mol. The molecule has 1 aromatic heterocycles. The van der Waals surface area contributed by atoms with E-state index in [0.29, 0.717) is 17.2 Å². The highest BCUT2D eigenvalue weighted by Crippen LogP contribution is 2.32. The molecular formula is C20H16N2O4. The summed E-state index contributed by atoms with van der Waals surface area (Å²) in [5, 5.41) is 0. The molecule has 0 amide bonds. The van der Waals surface area contributed by atoms with Crippen molar-refractivity contribution >= 4 is 23.1 Å². The first-order valence-electron chi connectivity index (χ1n) is 8.16. The molecule has 0 bridgehead atoms. The van der Waals surface area contributed by atoms with Crippen LogP contribution in [0.1, 0.15) is 17.0 Å². The van der Waals surface area contributed by atoms with Crippen LogP contribution in [-0.4, -0.2) is 22.7 Å². The first-order chi connectivity index (χ1) is 12.7. The summed E-state index contributed by atoms with van der Waals surface area (Å²) in [5.74, 6) is 0.926.